The summed E-state index contributed by atoms with van der Waals surface area (Å²) in [5.41, 5.74) is 1.01. The molecule has 8 nitrogen and oxygen atoms in total. The standard InChI is InChI=1S/C26H29N3O5/c1-26(2,3)34-22(30)14-15-27-24-25(32)29(21(16-28-24)20-12-8-5-9-13-20)17-23(31)33-18-19-10-6-4-7-11-19/h4-13,16H,14-15,17-18H2,1-3H3,(H,27,28). The average Bonchev–Trinajstić information content (AvgIpc) is 2.80. The lowest BCUT2D eigenvalue weighted by molar-refractivity contribution is -0.154. The van der Waals surface area contributed by atoms with Crippen molar-refractivity contribution >= 4 is 17.8 Å². The minimum absolute atomic E-state index is 0.0408. The van der Waals surface area contributed by atoms with Gasteiger partial charge in [0.05, 0.1) is 18.3 Å². The number of nitrogens with one attached hydrogen (secondary N) is 1. The molecule has 1 aromatic heterocycles. The van der Waals surface area contributed by atoms with Crippen LogP contribution in [0.3, 0.4) is 0 Å². The van der Waals surface area contributed by atoms with Gasteiger partial charge in [-0.05, 0) is 31.9 Å². The third-order valence-electron chi connectivity index (χ3n) is 4.70. The molecule has 0 atom stereocenters. The van der Waals surface area contributed by atoms with E-state index in [0.29, 0.717) is 5.69 Å². The average molecular weight is 464 g/mol. The van der Waals surface area contributed by atoms with E-state index in [1.54, 1.807) is 20.8 Å². The topological polar surface area (TPSA) is 99.5 Å². The highest BCUT2D eigenvalue weighted by atomic mass is 16.6. The summed E-state index contributed by atoms with van der Waals surface area (Å²) < 4.78 is 12.0. The van der Waals surface area contributed by atoms with Gasteiger partial charge in [-0.25, -0.2) is 4.98 Å². The van der Waals surface area contributed by atoms with Crippen LogP contribution in [0.2, 0.25) is 0 Å². The molecule has 0 aliphatic heterocycles. The van der Waals surface area contributed by atoms with Gasteiger partial charge in [0.2, 0.25) is 0 Å². The molecule has 8 heteroatoms. The molecule has 1 heterocycles. The lowest BCUT2D eigenvalue weighted by atomic mass is 10.1. The van der Waals surface area contributed by atoms with E-state index in [-0.39, 0.29) is 37.9 Å². The maximum absolute atomic E-state index is 13.2. The Balaban J connectivity index is 1.76. The van der Waals surface area contributed by atoms with E-state index in [2.05, 4.69) is 10.3 Å². The lowest BCUT2D eigenvalue weighted by Crippen LogP contribution is -2.30. The zero-order valence-corrected chi connectivity index (χ0v) is 19.6. The highest BCUT2D eigenvalue weighted by Gasteiger charge is 2.18. The molecular weight excluding hydrogens is 434 g/mol. The molecule has 0 aliphatic rings. The number of ether oxygens (including phenoxy) is 2. The number of anilines is 1. The van der Waals surface area contributed by atoms with Crippen molar-refractivity contribution < 1.29 is 19.1 Å². The Hall–Kier alpha value is -3.94. The van der Waals surface area contributed by atoms with E-state index >= 15 is 0 Å². The summed E-state index contributed by atoms with van der Waals surface area (Å²) in [6.45, 7) is 5.37. The molecule has 1 N–H and O–H groups in total. The smallest absolute Gasteiger partial charge is 0.326 e. The van der Waals surface area contributed by atoms with Crippen LogP contribution in [0.4, 0.5) is 5.82 Å². The minimum Gasteiger partial charge on any atom is -0.460 e. The van der Waals surface area contributed by atoms with Crippen LogP contribution in [0.25, 0.3) is 11.3 Å². The molecule has 3 rings (SSSR count). The maximum Gasteiger partial charge on any atom is 0.326 e. The summed E-state index contributed by atoms with van der Waals surface area (Å²) in [6.07, 6.45) is 1.59. The Morgan fingerprint density at radius 3 is 2.26 bits per heavy atom. The Morgan fingerprint density at radius 1 is 0.971 bits per heavy atom. The molecule has 0 radical (unpaired) electrons. The Labute approximate surface area is 198 Å². The number of benzene rings is 2. The van der Waals surface area contributed by atoms with Gasteiger partial charge < -0.3 is 14.8 Å². The van der Waals surface area contributed by atoms with Crippen molar-refractivity contribution in [2.45, 2.75) is 45.9 Å². The predicted octanol–water partition coefficient (Wildman–Crippen LogP) is 3.80. The second-order valence-electron chi connectivity index (χ2n) is 8.66. The molecule has 0 amide bonds. The van der Waals surface area contributed by atoms with Crippen LogP contribution in [0.15, 0.2) is 71.7 Å². The van der Waals surface area contributed by atoms with Gasteiger partial charge in [0, 0.05) is 6.54 Å². The highest BCUT2D eigenvalue weighted by Crippen LogP contribution is 2.18. The first-order chi connectivity index (χ1) is 16.2. The lowest BCUT2D eigenvalue weighted by Gasteiger charge is -2.19. The van der Waals surface area contributed by atoms with Gasteiger partial charge in [0.1, 0.15) is 18.8 Å². The molecule has 2 aromatic carbocycles. The van der Waals surface area contributed by atoms with E-state index < -0.39 is 17.1 Å². The third kappa shape index (κ3) is 7.30. The van der Waals surface area contributed by atoms with Crippen molar-refractivity contribution in [3.8, 4) is 11.3 Å². The Morgan fingerprint density at radius 2 is 1.62 bits per heavy atom. The van der Waals surface area contributed by atoms with E-state index in [9.17, 15) is 14.4 Å². The molecule has 0 fully saturated rings. The summed E-state index contributed by atoms with van der Waals surface area (Å²) in [5.74, 6) is -0.890. The normalized spacial score (nSPS) is 11.0. The number of esters is 2. The van der Waals surface area contributed by atoms with Crippen molar-refractivity contribution in [1.29, 1.82) is 0 Å². The second kappa shape index (κ2) is 11.3. The van der Waals surface area contributed by atoms with Gasteiger partial charge in [-0.1, -0.05) is 60.7 Å². The van der Waals surface area contributed by atoms with Crippen LogP contribution in [0.5, 0.6) is 0 Å². The van der Waals surface area contributed by atoms with Gasteiger partial charge >= 0.3 is 11.9 Å². The van der Waals surface area contributed by atoms with Crippen molar-refractivity contribution in [2.24, 2.45) is 0 Å². The minimum atomic E-state index is -0.584. The molecular formula is C26H29N3O5. The number of carbonyl (C=O) groups excluding carboxylic acids is 2. The summed E-state index contributed by atoms with van der Waals surface area (Å²) in [5, 5.41) is 2.88. The quantitative estimate of drug-likeness (QED) is 0.482. The number of hydrogen-bond acceptors (Lipinski definition) is 7. The summed E-state index contributed by atoms with van der Waals surface area (Å²) in [4.78, 5) is 42.0. The summed E-state index contributed by atoms with van der Waals surface area (Å²) in [7, 11) is 0. The van der Waals surface area contributed by atoms with Gasteiger partial charge in [0.15, 0.2) is 5.82 Å². The van der Waals surface area contributed by atoms with Gasteiger partial charge in [0.25, 0.3) is 5.56 Å². The zero-order valence-electron chi connectivity index (χ0n) is 19.6. The highest BCUT2D eigenvalue weighted by molar-refractivity contribution is 5.72. The number of aromatic nitrogens is 2. The molecule has 0 aliphatic carbocycles. The van der Waals surface area contributed by atoms with Crippen molar-refractivity contribution in [2.75, 3.05) is 11.9 Å². The molecule has 34 heavy (non-hydrogen) atoms. The monoisotopic (exact) mass is 463 g/mol. The van der Waals surface area contributed by atoms with Gasteiger partial charge in [-0.3, -0.25) is 19.0 Å². The first-order valence-electron chi connectivity index (χ1n) is 11.0. The maximum atomic E-state index is 13.2. The molecule has 0 bridgehead atoms. The van der Waals surface area contributed by atoms with Crippen LogP contribution >= 0.6 is 0 Å². The second-order valence-corrected chi connectivity index (χ2v) is 8.66. The van der Waals surface area contributed by atoms with Crippen molar-refractivity contribution in [1.82, 2.24) is 9.55 Å². The SMILES string of the molecule is CC(C)(C)OC(=O)CCNc1ncc(-c2ccccc2)n(CC(=O)OCc2ccccc2)c1=O. The molecule has 0 unspecified atom stereocenters. The van der Waals surface area contributed by atoms with Crippen LogP contribution in [0.1, 0.15) is 32.8 Å². The van der Waals surface area contributed by atoms with Crippen LogP contribution < -0.4 is 10.9 Å². The largest absolute Gasteiger partial charge is 0.460 e. The van der Waals surface area contributed by atoms with Crippen LogP contribution in [-0.4, -0.2) is 33.6 Å². The first-order valence-corrected chi connectivity index (χ1v) is 11.0. The number of rotatable bonds is 9. The van der Waals surface area contributed by atoms with E-state index in [1.165, 1.54) is 10.8 Å². The van der Waals surface area contributed by atoms with Gasteiger partial charge in [-0.2, -0.15) is 0 Å². The third-order valence-corrected chi connectivity index (χ3v) is 4.70. The fourth-order valence-electron chi connectivity index (χ4n) is 3.19. The molecule has 0 spiro atoms. The number of nitrogens with zero attached hydrogens (tertiary/aromatic N) is 2. The van der Waals surface area contributed by atoms with E-state index in [1.807, 2.05) is 60.7 Å². The number of hydrogen-bond donors (Lipinski definition) is 1. The molecule has 178 valence electrons. The van der Waals surface area contributed by atoms with Crippen LogP contribution in [0, 0.1) is 0 Å². The predicted molar refractivity (Wildman–Crippen MR) is 129 cm³/mol. The van der Waals surface area contributed by atoms with E-state index in [4.69, 9.17) is 9.47 Å². The molecule has 0 saturated heterocycles. The fraction of sp³-hybridized carbons (Fsp3) is 0.308. The fourth-order valence-corrected chi connectivity index (χ4v) is 3.19. The number of carbonyl (C=O) groups is 2. The molecule has 0 saturated carbocycles. The van der Waals surface area contributed by atoms with Crippen molar-refractivity contribution in [3.05, 3.63) is 82.8 Å². The molecule has 3 aromatic rings. The van der Waals surface area contributed by atoms with E-state index in [0.717, 1.165) is 11.1 Å². The van der Waals surface area contributed by atoms with Crippen LogP contribution in [-0.2, 0) is 32.2 Å². The summed E-state index contributed by atoms with van der Waals surface area (Å²) >= 11 is 0. The van der Waals surface area contributed by atoms with Crippen molar-refractivity contribution in [3.63, 3.8) is 0 Å². The zero-order chi connectivity index (χ0) is 24.6. The first kappa shape index (κ1) is 24.7. The summed E-state index contributed by atoms with van der Waals surface area (Å²) in [6, 6.07) is 18.5. The Bertz CT molecular complexity index is 1170. The Kier molecular flexibility index (Phi) is 8.19. The van der Waals surface area contributed by atoms with Gasteiger partial charge in [-0.15, -0.1) is 0 Å².